The second-order valence-electron chi connectivity index (χ2n) is 1.36. The number of rotatable bonds is 0. The first-order chi connectivity index (χ1) is 3.60. The molecule has 0 aliphatic carbocycles. The summed E-state index contributed by atoms with van der Waals surface area (Å²) in [5, 5.41) is 10.6. The normalized spacial score (nSPS) is 24.2. The van der Waals surface area contributed by atoms with Gasteiger partial charge in [-0.2, -0.15) is 0 Å². The van der Waals surface area contributed by atoms with Gasteiger partial charge >= 0.3 is 0 Å². The zero-order chi connectivity index (χ0) is 6.20. The van der Waals surface area contributed by atoms with Crippen LogP contribution in [0.3, 0.4) is 0 Å². The highest BCUT2D eigenvalue weighted by Crippen LogP contribution is 2.06. The van der Waals surface area contributed by atoms with Crippen molar-refractivity contribution in [2.24, 2.45) is 0 Å². The standard InChI is InChI=1S/C3H4O4S/c4-3-1-8(5,6)2-7-3/h1,4H,2H2/p-1. The lowest BCUT2D eigenvalue weighted by Gasteiger charge is -2.00. The summed E-state index contributed by atoms with van der Waals surface area (Å²) >= 11 is 0. The highest BCUT2D eigenvalue weighted by atomic mass is 32.2. The molecule has 1 aliphatic rings. The van der Waals surface area contributed by atoms with E-state index in [-0.39, 0.29) is 0 Å². The molecule has 0 atom stereocenters. The van der Waals surface area contributed by atoms with Gasteiger partial charge in [0.05, 0.1) is 11.4 Å². The van der Waals surface area contributed by atoms with Crippen molar-refractivity contribution in [3.8, 4) is 0 Å². The van der Waals surface area contributed by atoms with Gasteiger partial charge in [0.15, 0.2) is 9.84 Å². The molecule has 1 heterocycles. The molecule has 5 heteroatoms. The van der Waals surface area contributed by atoms with Crippen molar-refractivity contribution in [1.29, 1.82) is 0 Å². The predicted octanol–water partition coefficient (Wildman–Crippen LogP) is -1.45. The highest BCUT2D eigenvalue weighted by Gasteiger charge is 2.09. The van der Waals surface area contributed by atoms with E-state index in [1.54, 1.807) is 0 Å². The quantitative estimate of drug-likeness (QED) is 0.407. The van der Waals surface area contributed by atoms with Crippen LogP contribution in [0.15, 0.2) is 11.4 Å². The van der Waals surface area contributed by atoms with Gasteiger partial charge < -0.3 is 9.84 Å². The lowest BCUT2D eigenvalue weighted by Crippen LogP contribution is -2.02. The summed E-state index contributed by atoms with van der Waals surface area (Å²) in [5.74, 6) is -1.27. The Morgan fingerprint density at radius 1 is 1.75 bits per heavy atom. The summed E-state index contributed by atoms with van der Waals surface area (Å²) < 4.78 is 24.6. The van der Waals surface area contributed by atoms with Crippen LogP contribution in [0.5, 0.6) is 0 Å². The third kappa shape index (κ3) is 0.919. The second-order valence-corrected chi connectivity index (χ2v) is 3.16. The molecule has 0 fully saturated rings. The molecule has 8 heavy (non-hydrogen) atoms. The zero-order valence-electron chi connectivity index (χ0n) is 3.83. The molecule has 46 valence electrons. The van der Waals surface area contributed by atoms with Crippen LogP contribution in [0, 0.1) is 0 Å². The molecular formula is C3H3O4S-. The van der Waals surface area contributed by atoms with Crippen LogP contribution in [-0.4, -0.2) is 14.4 Å². The van der Waals surface area contributed by atoms with E-state index in [0.29, 0.717) is 5.41 Å². The first kappa shape index (κ1) is 5.43. The third-order valence-electron chi connectivity index (χ3n) is 0.641. The van der Waals surface area contributed by atoms with Crippen molar-refractivity contribution in [2.75, 3.05) is 5.94 Å². The summed E-state index contributed by atoms with van der Waals surface area (Å²) in [7, 11) is -3.29. The minimum Gasteiger partial charge on any atom is -0.597 e. The summed E-state index contributed by atoms with van der Waals surface area (Å²) in [4.78, 5) is 0. The second kappa shape index (κ2) is 1.38. The zero-order valence-corrected chi connectivity index (χ0v) is 4.64. The van der Waals surface area contributed by atoms with E-state index in [1.165, 1.54) is 0 Å². The van der Waals surface area contributed by atoms with Gasteiger partial charge in [-0.15, -0.1) is 0 Å². The molecule has 0 bridgehead atoms. The van der Waals surface area contributed by atoms with Gasteiger partial charge in [0.2, 0.25) is 0 Å². The molecule has 0 aromatic rings. The van der Waals surface area contributed by atoms with E-state index >= 15 is 0 Å². The number of ether oxygens (including phenoxy) is 1. The molecule has 0 radical (unpaired) electrons. The molecule has 4 nitrogen and oxygen atoms in total. The van der Waals surface area contributed by atoms with Gasteiger partial charge in [-0.3, -0.25) is 0 Å². The number of hydrogen-bond acceptors (Lipinski definition) is 4. The summed E-state index contributed by atoms with van der Waals surface area (Å²) in [5.41, 5.74) is 0. The van der Waals surface area contributed by atoms with Gasteiger partial charge in [-0.25, -0.2) is 8.42 Å². The maximum atomic E-state index is 10.2. The van der Waals surface area contributed by atoms with Crippen LogP contribution in [0.1, 0.15) is 0 Å². The SMILES string of the molecule is O=S1(=O)C=C([O-])OC1. The van der Waals surface area contributed by atoms with E-state index in [4.69, 9.17) is 0 Å². The monoisotopic (exact) mass is 135 g/mol. The average molecular weight is 135 g/mol. The van der Waals surface area contributed by atoms with Gasteiger partial charge in [0.1, 0.15) is 5.94 Å². The Morgan fingerprint density at radius 3 is 2.50 bits per heavy atom. The van der Waals surface area contributed by atoms with E-state index < -0.39 is 21.7 Å². The van der Waals surface area contributed by atoms with E-state index in [0.717, 1.165) is 0 Å². The minimum atomic E-state index is -3.29. The van der Waals surface area contributed by atoms with Crippen molar-refractivity contribution in [3.05, 3.63) is 11.4 Å². The third-order valence-corrected chi connectivity index (χ3v) is 1.64. The fraction of sp³-hybridized carbons (Fsp3) is 0.333. The molecule has 0 saturated heterocycles. The molecule has 0 spiro atoms. The molecule has 0 aromatic heterocycles. The van der Waals surface area contributed by atoms with Crippen LogP contribution >= 0.6 is 0 Å². The molecule has 0 saturated carbocycles. The molecular weight excluding hydrogens is 132 g/mol. The molecule has 0 aromatic carbocycles. The van der Waals surface area contributed by atoms with Crippen LogP contribution in [-0.2, 0) is 14.6 Å². The molecule has 0 N–H and O–H groups in total. The Morgan fingerprint density at radius 2 is 2.38 bits per heavy atom. The first-order valence-corrected chi connectivity index (χ1v) is 3.56. The Labute approximate surface area is 46.3 Å². The summed E-state index contributed by atoms with van der Waals surface area (Å²) in [6.45, 7) is 0. The van der Waals surface area contributed by atoms with Crippen LogP contribution in [0.25, 0.3) is 0 Å². The predicted molar refractivity (Wildman–Crippen MR) is 23.0 cm³/mol. The van der Waals surface area contributed by atoms with Crippen molar-refractivity contribution in [1.82, 2.24) is 0 Å². The fourth-order valence-electron chi connectivity index (χ4n) is 0.355. The number of hydrogen-bond donors (Lipinski definition) is 0. The highest BCUT2D eigenvalue weighted by molar-refractivity contribution is 7.94. The average Bonchev–Trinajstić information content (AvgIpc) is 1.82. The van der Waals surface area contributed by atoms with Crippen LogP contribution in [0.2, 0.25) is 0 Å². The largest absolute Gasteiger partial charge is 0.597 e. The molecule has 1 aliphatic heterocycles. The maximum Gasteiger partial charge on any atom is 0.182 e. The minimum absolute atomic E-state index is 0.494. The van der Waals surface area contributed by atoms with Crippen molar-refractivity contribution in [2.45, 2.75) is 0 Å². The Bertz CT molecular complexity index is 211. The Kier molecular flexibility index (Phi) is 0.937. The molecule has 1 rings (SSSR count). The van der Waals surface area contributed by atoms with Crippen molar-refractivity contribution < 1.29 is 18.3 Å². The van der Waals surface area contributed by atoms with Gasteiger partial charge in [-0.05, 0) is 0 Å². The van der Waals surface area contributed by atoms with Gasteiger partial charge in [0, 0.05) is 0 Å². The maximum absolute atomic E-state index is 10.2. The van der Waals surface area contributed by atoms with Crippen molar-refractivity contribution >= 4 is 9.84 Å². The van der Waals surface area contributed by atoms with Gasteiger partial charge in [0.25, 0.3) is 0 Å². The number of sulfone groups is 1. The first-order valence-electron chi connectivity index (χ1n) is 1.84. The summed E-state index contributed by atoms with van der Waals surface area (Å²) in [6.07, 6.45) is 0. The van der Waals surface area contributed by atoms with Crippen molar-refractivity contribution in [3.63, 3.8) is 0 Å². The fourth-order valence-corrected chi connectivity index (χ4v) is 1.06. The van der Waals surface area contributed by atoms with Crippen LogP contribution in [0.4, 0.5) is 0 Å². The van der Waals surface area contributed by atoms with Gasteiger partial charge in [-0.1, -0.05) is 0 Å². The lowest BCUT2D eigenvalue weighted by atomic mass is 11.0. The summed E-state index contributed by atoms with van der Waals surface area (Å²) in [6, 6.07) is 0. The van der Waals surface area contributed by atoms with E-state index in [2.05, 4.69) is 4.74 Å². The Hall–Kier alpha value is -0.710. The topological polar surface area (TPSA) is 66.4 Å². The molecule has 0 amide bonds. The van der Waals surface area contributed by atoms with E-state index in [1.807, 2.05) is 0 Å². The molecule has 0 unspecified atom stereocenters. The Balaban J connectivity index is 3.00. The lowest BCUT2D eigenvalue weighted by molar-refractivity contribution is -0.352. The van der Waals surface area contributed by atoms with Crippen LogP contribution < -0.4 is 5.11 Å². The van der Waals surface area contributed by atoms with E-state index in [9.17, 15) is 13.5 Å². The smallest absolute Gasteiger partial charge is 0.182 e.